The van der Waals surface area contributed by atoms with Gasteiger partial charge in [0.15, 0.2) is 0 Å². The number of aryl methyl sites for hydroxylation is 5. The first kappa shape index (κ1) is 41.7. The van der Waals surface area contributed by atoms with Crippen LogP contribution >= 0.6 is 0 Å². The van der Waals surface area contributed by atoms with Crippen molar-refractivity contribution in [2.45, 2.75) is 89.0 Å². The van der Waals surface area contributed by atoms with E-state index in [1.54, 1.807) is 0 Å². The van der Waals surface area contributed by atoms with E-state index in [9.17, 15) is 0 Å². The standard InChI is InChI=1S/C27H25N2O.C25H28N.Ir/c1-16-15-28-23(13-19(16)14-27(3,4)5)22-8-6-7-20-21-12-11-18-10-9-17(2)29-24(18)26(21)30-25(20)22;1-17-7-10-22(24-13-18(2)19(3)16-26-24)14-23(17)21-11-8-20(9-12-21)15-25(4,5)6;/h6-7,9-13,15H,14H2,1-5H3;7-9,11-14,16H,15H2,1-6H3;/q2*-1;. The van der Waals surface area contributed by atoms with Crippen molar-refractivity contribution < 1.29 is 24.5 Å². The summed E-state index contributed by atoms with van der Waals surface area (Å²) in [6.07, 6.45) is 6.00. The third kappa shape index (κ3) is 9.44. The number of aromatic nitrogens is 3. The number of hydrogen-bond acceptors (Lipinski definition) is 4. The van der Waals surface area contributed by atoms with Crippen molar-refractivity contribution in [3.63, 3.8) is 0 Å². The maximum absolute atomic E-state index is 6.44. The van der Waals surface area contributed by atoms with E-state index in [0.717, 1.165) is 73.9 Å². The van der Waals surface area contributed by atoms with E-state index >= 15 is 0 Å². The number of rotatable bonds is 5. The van der Waals surface area contributed by atoms with Crippen molar-refractivity contribution in [2.75, 3.05) is 0 Å². The molecule has 0 amide bonds. The van der Waals surface area contributed by atoms with Gasteiger partial charge in [0.25, 0.3) is 0 Å². The van der Waals surface area contributed by atoms with Crippen LogP contribution in [0.3, 0.4) is 0 Å². The van der Waals surface area contributed by atoms with Crippen LogP contribution in [0.15, 0.2) is 102 Å². The number of pyridine rings is 3. The molecule has 1 radical (unpaired) electrons. The molecule has 0 atom stereocenters. The van der Waals surface area contributed by atoms with Gasteiger partial charge in [-0.15, -0.1) is 47.5 Å². The summed E-state index contributed by atoms with van der Waals surface area (Å²) in [5.41, 5.74) is 18.0. The molecular weight excluding hydrogens is 875 g/mol. The molecular formula is C52H53IrN3O-2. The molecule has 4 aromatic carbocycles. The number of benzene rings is 4. The molecule has 0 fully saturated rings. The summed E-state index contributed by atoms with van der Waals surface area (Å²) in [6.45, 7) is 24.1. The van der Waals surface area contributed by atoms with Gasteiger partial charge in [-0.3, -0.25) is 0 Å². The number of fused-ring (bicyclic) bond motifs is 5. The van der Waals surface area contributed by atoms with Crippen molar-refractivity contribution in [1.29, 1.82) is 0 Å². The second-order valence-corrected chi connectivity index (χ2v) is 17.9. The summed E-state index contributed by atoms with van der Waals surface area (Å²) in [7, 11) is 0. The molecule has 0 bridgehead atoms. The van der Waals surface area contributed by atoms with Gasteiger partial charge in [-0.25, -0.2) is 4.98 Å². The van der Waals surface area contributed by atoms with Crippen LogP contribution in [0, 0.1) is 57.6 Å². The fourth-order valence-electron chi connectivity index (χ4n) is 7.34. The third-order valence-corrected chi connectivity index (χ3v) is 10.4. The Kier molecular flexibility index (Phi) is 12.1. The molecule has 0 aliphatic rings. The molecule has 0 unspecified atom stereocenters. The van der Waals surface area contributed by atoms with Gasteiger partial charge in [-0.1, -0.05) is 131 Å². The van der Waals surface area contributed by atoms with E-state index in [4.69, 9.17) is 14.4 Å². The molecule has 4 nitrogen and oxygen atoms in total. The molecule has 8 aromatic rings. The molecule has 57 heavy (non-hydrogen) atoms. The summed E-state index contributed by atoms with van der Waals surface area (Å²) in [5.74, 6) is 0. The zero-order valence-corrected chi connectivity index (χ0v) is 37.6. The Hall–Kier alpha value is -4.96. The maximum Gasteiger partial charge on any atom is 0.147 e. The first-order chi connectivity index (χ1) is 26.5. The van der Waals surface area contributed by atoms with E-state index < -0.39 is 0 Å². The Bertz CT molecular complexity index is 2710. The molecule has 4 aromatic heterocycles. The molecule has 0 spiro atoms. The minimum atomic E-state index is 0. The van der Waals surface area contributed by atoms with E-state index in [2.05, 4.69) is 159 Å². The summed E-state index contributed by atoms with van der Waals surface area (Å²) in [5, 5.41) is 3.23. The molecule has 0 N–H and O–H groups in total. The Morgan fingerprint density at radius 3 is 1.98 bits per heavy atom. The predicted molar refractivity (Wildman–Crippen MR) is 235 cm³/mol. The Morgan fingerprint density at radius 1 is 0.614 bits per heavy atom. The summed E-state index contributed by atoms with van der Waals surface area (Å²) >= 11 is 0. The van der Waals surface area contributed by atoms with Crippen molar-refractivity contribution in [2.24, 2.45) is 10.8 Å². The van der Waals surface area contributed by atoms with Crippen LogP contribution in [0.2, 0.25) is 0 Å². The molecule has 0 aliphatic heterocycles. The Labute approximate surface area is 352 Å². The maximum atomic E-state index is 6.44. The number of furan rings is 1. The number of nitrogens with zero attached hydrogens (tertiary/aromatic N) is 3. The quantitative estimate of drug-likeness (QED) is 0.161. The first-order valence-corrected chi connectivity index (χ1v) is 19.7. The van der Waals surface area contributed by atoms with Crippen molar-refractivity contribution in [1.82, 2.24) is 15.0 Å². The monoisotopic (exact) mass is 928 g/mol. The minimum absolute atomic E-state index is 0. The van der Waals surface area contributed by atoms with Crippen LogP contribution in [0.4, 0.5) is 0 Å². The molecule has 0 saturated carbocycles. The van der Waals surface area contributed by atoms with Crippen molar-refractivity contribution >= 4 is 32.8 Å². The van der Waals surface area contributed by atoms with Gasteiger partial charge in [0.1, 0.15) is 11.1 Å². The molecule has 8 rings (SSSR count). The zero-order chi connectivity index (χ0) is 39.9. The largest absolute Gasteiger partial charge is 0.498 e. The average molecular weight is 928 g/mol. The summed E-state index contributed by atoms with van der Waals surface area (Å²) in [4.78, 5) is 14.1. The van der Waals surface area contributed by atoms with Crippen LogP contribution in [-0.4, -0.2) is 15.0 Å². The smallest absolute Gasteiger partial charge is 0.147 e. The van der Waals surface area contributed by atoms with E-state index in [0.29, 0.717) is 5.41 Å². The molecule has 293 valence electrons. The van der Waals surface area contributed by atoms with Gasteiger partial charge in [-0.2, -0.15) is 0 Å². The zero-order valence-electron chi connectivity index (χ0n) is 35.2. The van der Waals surface area contributed by atoms with Crippen molar-refractivity contribution in [3.05, 3.63) is 149 Å². The Morgan fingerprint density at radius 2 is 1.28 bits per heavy atom. The summed E-state index contributed by atoms with van der Waals surface area (Å²) < 4.78 is 6.44. The molecule has 5 heteroatoms. The van der Waals surface area contributed by atoms with Gasteiger partial charge in [0.2, 0.25) is 0 Å². The van der Waals surface area contributed by atoms with Gasteiger partial charge < -0.3 is 14.4 Å². The van der Waals surface area contributed by atoms with E-state index in [1.165, 1.54) is 44.5 Å². The predicted octanol–water partition coefficient (Wildman–Crippen LogP) is 13.9. The fourth-order valence-corrected chi connectivity index (χ4v) is 7.34. The normalized spacial score (nSPS) is 11.8. The van der Waals surface area contributed by atoms with Gasteiger partial charge in [0.05, 0.1) is 5.58 Å². The van der Waals surface area contributed by atoms with Crippen LogP contribution < -0.4 is 0 Å². The van der Waals surface area contributed by atoms with Crippen LogP contribution in [0.1, 0.15) is 80.6 Å². The first-order valence-electron chi connectivity index (χ1n) is 19.7. The number of hydrogen-bond donors (Lipinski definition) is 0. The van der Waals surface area contributed by atoms with E-state index in [1.807, 2.05) is 31.5 Å². The van der Waals surface area contributed by atoms with E-state index in [-0.39, 0.29) is 25.5 Å². The molecule has 0 saturated heterocycles. The average Bonchev–Trinajstić information content (AvgIpc) is 3.53. The minimum Gasteiger partial charge on any atom is -0.498 e. The van der Waals surface area contributed by atoms with Crippen LogP contribution in [0.5, 0.6) is 0 Å². The van der Waals surface area contributed by atoms with Gasteiger partial charge in [-0.05, 0) is 91.1 Å². The summed E-state index contributed by atoms with van der Waals surface area (Å²) in [6, 6.07) is 36.8. The fraction of sp³-hybridized carbons (Fsp3) is 0.288. The van der Waals surface area contributed by atoms with Crippen molar-refractivity contribution in [3.8, 4) is 33.6 Å². The van der Waals surface area contributed by atoms with Crippen LogP contribution in [0.25, 0.3) is 66.5 Å². The SMILES string of the molecule is Cc1ccc2ccc3c4cc[c-]c(-c5cc(CC(C)(C)C)c(C)cn5)c4oc3c2n1.Cc1cnc(-c2[c-]cc(C)c(-c3ccc(CC(C)(C)C)cc3)c2)cc1C.[Ir]. The Balaban J connectivity index is 0.000000192. The third-order valence-electron chi connectivity index (χ3n) is 10.4. The van der Waals surface area contributed by atoms with Gasteiger partial charge >= 0.3 is 0 Å². The second kappa shape index (κ2) is 16.5. The van der Waals surface area contributed by atoms with Gasteiger partial charge in [0, 0.05) is 49.0 Å². The molecule has 0 aliphatic carbocycles. The van der Waals surface area contributed by atoms with Crippen LogP contribution in [-0.2, 0) is 32.9 Å². The topological polar surface area (TPSA) is 51.8 Å². The molecule has 4 heterocycles. The second-order valence-electron chi connectivity index (χ2n) is 17.9.